The summed E-state index contributed by atoms with van der Waals surface area (Å²) in [6, 6.07) is 7.37. The Morgan fingerprint density at radius 3 is 2.62 bits per heavy atom. The van der Waals surface area contributed by atoms with Crippen LogP contribution in [0.3, 0.4) is 0 Å². The van der Waals surface area contributed by atoms with Crippen LogP contribution in [0.4, 0.5) is 5.13 Å². The summed E-state index contributed by atoms with van der Waals surface area (Å²) in [5.74, 6) is -0.257. The van der Waals surface area contributed by atoms with Gasteiger partial charge in [0.2, 0.25) is 11.8 Å². The maximum atomic E-state index is 13.0. The number of anilines is 1. The van der Waals surface area contributed by atoms with Crippen LogP contribution in [-0.4, -0.2) is 71.9 Å². The molecule has 0 radical (unpaired) electrons. The van der Waals surface area contributed by atoms with Gasteiger partial charge in [0.15, 0.2) is 5.13 Å². The van der Waals surface area contributed by atoms with E-state index in [0.29, 0.717) is 49.2 Å². The summed E-state index contributed by atoms with van der Waals surface area (Å²) >= 11 is 1.27. The van der Waals surface area contributed by atoms with E-state index in [1.54, 1.807) is 21.2 Å². The minimum absolute atomic E-state index is 0.00316. The van der Waals surface area contributed by atoms with Crippen LogP contribution in [0.25, 0.3) is 0 Å². The molecule has 8 nitrogen and oxygen atoms in total. The van der Waals surface area contributed by atoms with Crippen LogP contribution in [0.5, 0.6) is 0 Å². The summed E-state index contributed by atoms with van der Waals surface area (Å²) in [6.07, 6.45) is 0.192. The predicted octanol–water partition coefficient (Wildman–Crippen LogP) is 2.59. The zero-order chi connectivity index (χ0) is 23.1. The van der Waals surface area contributed by atoms with Gasteiger partial charge in [0.25, 0.3) is 5.91 Å². The smallest absolute Gasteiger partial charge is 0.254 e. The van der Waals surface area contributed by atoms with Crippen molar-refractivity contribution in [3.8, 4) is 0 Å². The third-order valence-electron chi connectivity index (χ3n) is 5.08. The zero-order valence-electron chi connectivity index (χ0n) is 18.8. The third kappa shape index (κ3) is 6.61. The Labute approximate surface area is 192 Å². The van der Waals surface area contributed by atoms with E-state index in [-0.39, 0.29) is 36.6 Å². The van der Waals surface area contributed by atoms with Gasteiger partial charge < -0.3 is 19.9 Å². The summed E-state index contributed by atoms with van der Waals surface area (Å²) in [6.45, 7) is 8.60. The van der Waals surface area contributed by atoms with E-state index in [2.05, 4.69) is 10.3 Å². The number of amides is 3. The summed E-state index contributed by atoms with van der Waals surface area (Å²) < 4.78 is 5.27. The molecule has 0 saturated carbocycles. The third-order valence-corrected chi connectivity index (χ3v) is 5.88. The minimum Gasteiger partial charge on any atom is -0.378 e. The molecular formula is C23H30N4O4S. The van der Waals surface area contributed by atoms with Gasteiger partial charge in [-0.1, -0.05) is 32.0 Å². The number of hydrogen-bond donors (Lipinski definition) is 1. The molecule has 0 spiro atoms. The molecule has 1 aromatic carbocycles. The number of nitrogens with zero attached hydrogens (tertiary/aromatic N) is 3. The number of aromatic nitrogens is 1. The average Bonchev–Trinajstić information content (AvgIpc) is 3.19. The Balaban J connectivity index is 1.59. The Hall–Kier alpha value is -2.78. The summed E-state index contributed by atoms with van der Waals surface area (Å²) in [7, 11) is 0. The monoisotopic (exact) mass is 458 g/mol. The lowest BCUT2D eigenvalue weighted by atomic mass is 10.1. The number of hydrogen-bond acceptors (Lipinski definition) is 6. The number of aryl methyl sites for hydroxylation is 1. The highest BCUT2D eigenvalue weighted by molar-refractivity contribution is 7.13. The van der Waals surface area contributed by atoms with Crippen molar-refractivity contribution >= 4 is 34.2 Å². The molecular weight excluding hydrogens is 428 g/mol. The highest BCUT2D eigenvalue weighted by Gasteiger charge is 2.22. The fraction of sp³-hybridized carbons (Fsp3) is 0.478. The number of benzene rings is 1. The first-order valence-corrected chi connectivity index (χ1v) is 11.7. The molecule has 32 heavy (non-hydrogen) atoms. The standard InChI is InChI=1S/C23H30N4O4S/c1-16(2)13-27(22(30)19-7-5-4-6-17(19)3)14-20(28)25-23-24-18(15-32-23)12-21(29)26-8-10-31-11-9-26/h4-7,15-16H,8-14H2,1-3H3,(H,24,25,28). The quantitative estimate of drug-likeness (QED) is 0.657. The molecule has 9 heteroatoms. The molecule has 3 rings (SSSR count). The van der Waals surface area contributed by atoms with Crippen molar-refractivity contribution in [3.63, 3.8) is 0 Å². The van der Waals surface area contributed by atoms with Gasteiger partial charge in [-0.2, -0.15) is 0 Å². The largest absolute Gasteiger partial charge is 0.378 e. The van der Waals surface area contributed by atoms with Gasteiger partial charge in [0, 0.05) is 30.6 Å². The first kappa shape index (κ1) is 23.9. The van der Waals surface area contributed by atoms with Crippen molar-refractivity contribution in [2.45, 2.75) is 27.2 Å². The predicted molar refractivity (Wildman–Crippen MR) is 124 cm³/mol. The maximum Gasteiger partial charge on any atom is 0.254 e. The van der Waals surface area contributed by atoms with Gasteiger partial charge in [0.1, 0.15) is 6.54 Å². The number of nitrogens with one attached hydrogen (secondary N) is 1. The number of rotatable bonds is 8. The fourth-order valence-corrected chi connectivity index (χ4v) is 4.23. The highest BCUT2D eigenvalue weighted by Crippen LogP contribution is 2.17. The minimum atomic E-state index is -0.312. The number of morpholine rings is 1. The number of thiazole rings is 1. The first-order chi connectivity index (χ1) is 15.3. The van der Waals surface area contributed by atoms with Crippen LogP contribution in [0.2, 0.25) is 0 Å². The SMILES string of the molecule is Cc1ccccc1C(=O)N(CC(=O)Nc1nc(CC(=O)N2CCOCC2)cs1)CC(C)C. The average molecular weight is 459 g/mol. The number of carbonyl (C=O) groups excluding carboxylic acids is 3. The van der Waals surface area contributed by atoms with Crippen molar-refractivity contribution in [1.29, 1.82) is 0 Å². The molecule has 2 aromatic rings. The molecule has 1 N–H and O–H groups in total. The molecule has 0 aliphatic carbocycles. The summed E-state index contributed by atoms with van der Waals surface area (Å²) in [4.78, 5) is 45.8. The van der Waals surface area contributed by atoms with Crippen LogP contribution < -0.4 is 5.32 Å². The lowest BCUT2D eigenvalue weighted by Crippen LogP contribution is -2.41. The lowest BCUT2D eigenvalue weighted by Gasteiger charge is -2.26. The van der Waals surface area contributed by atoms with Crippen molar-refractivity contribution < 1.29 is 19.1 Å². The molecule has 0 unspecified atom stereocenters. The van der Waals surface area contributed by atoms with E-state index in [1.807, 2.05) is 39.0 Å². The van der Waals surface area contributed by atoms with Gasteiger partial charge in [-0.05, 0) is 24.5 Å². The van der Waals surface area contributed by atoms with Gasteiger partial charge in [-0.25, -0.2) is 4.98 Å². The normalized spacial score (nSPS) is 13.8. The molecule has 0 atom stereocenters. The lowest BCUT2D eigenvalue weighted by molar-refractivity contribution is -0.134. The zero-order valence-corrected chi connectivity index (χ0v) is 19.6. The van der Waals surface area contributed by atoms with Gasteiger partial charge in [0.05, 0.1) is 25.3 Å². The Morgan fingerprint density at radius 1 is 1.22 bits per heavy atom. The molecule has 1 saturated heterocycles. The van der Waals surface area contributed by atoms with Crippen LogP contribution in [-0.2, 0) is 20.7 Å². The molecule has 172 valence electrons. The van der Waals surface area contributed by atoms with Crippen molar-refractivity contribution in [3.05, 3.63) is 46.5 Å². The van der Waals surface area contributed by atoms with Crippen molar-refractivity contribution in [1.82, 2.24) is 14.8 Å². The molecule has 1 aliphatic rings. The van der Waals surface area contributed by atoms with E-state index in [1.165, 1.54) is 11.3 Å². The van der Waals surface area contributed by atoms with E-state index < -0.39 is 0 Å². The van der Waals surface area contributed by atoms with Crippen LogP contribution >= 0.6 is 11.3 Å². The first-order valence-electron chi connectivity index (χ1n) is 10.8. The van der Waals surface area contributed by atoms with Crippen LogP contribution in [0.1, 0.15) is 35.5 Å². The molecule has 1 aliphatic heterocycles. The number of ether oxygens (including phenoxy) is 1. The van der Waals surface area contributed by atoms with Gasteiger partial charge in [-0.3, -0.25) is 14.4 Å². The van der Waals surface area contributed by atoms with Gasteiger partial charge in [-0.15, -0.1) is 11.3 Å². The molecule has 0 bridgehead atoms. The number of carbonyl (C=O) groups is 3. The Morgan fingerprint density at radius 2 is 1.94 bits per heavy atom. The molecule has 1 aromatic heterocycles. The van der Waals surface area contributed by atoms with Gasteiger partial charge >= 0.3 is 0 Å². The van der Waals surface area contributed by atoms with E-state index in [4.69, 9.17) is 4.74 Å². The summed E-state index contributed by atoms with van der Waals surface area (Å²) in [5, 5.41) is 4.97. The second-order valence-corrected chi connectivity index (χ2v) is 9.11. The highest BCUT2D eigenvalue weighted by atomic mass is 32.1. The maximum absolute atomic E-state index is 13.0. The van der Waals surface area contributed by atoms with Crippen molar-refractivity contribution in [2.75, 3.05) is 44.7 Å². The Kier molecular flexibility index (Phi) is 8.35. The topological polar surface area (TPSA) is 91.8 Å². The van der Waals surface area contributed by atoms with E-state index in [9.17, 15) is 14.4 Å². The van der Waals surface area contributed by atoms with Crippen LogP contribution in [0.15, 0.2) is 29.6 Å². The van der Waals surface area contributed by atoms with E-state index >= 15 is 0 Å². The second kappa shape index (κ2) is 11.2. The molecule has 1 fully saturated rings. The van der Waals surface area contributed by atoms with E-state index in [0.717, 1.165) is 5.56 Å². The second-order valence-electron chi connectivity index (χ2n) is 8.26. The van der Waals surface area contributed by atoms with Crippen molar-refractivity contribution in [2.24, 2.45) is 5.92 Å². The fourth-order valence-electron chi connectivity index (χ4n) is 3.50. The molecule has 3 amide bonds. The Bertz CT molecular complexity index is 953. The van der Waals surface area contributed by atoms with Crippen LogP contribution in [0, 0.1) is 12.8 Å². The molecule has 2 heterocycles. The summed E-state index contributed by atoms with van der Waals surface area (Å²) in [5.41, 5.74) is 2.09.